The SMILES string of the molecule is C[C@H](NC1(CN[C@@H](C)c2ccco2)CCOCC1)c1ccccc1. The molecular formula is C20H28N2O2. The van der Waals surface area contributed by atoms with Gasteiger partial charge < -0.3 is 19.8 Å². The van der Waals surface area contributed by atoms with Crippen LogP contribution >= 0.6 is 0 Å². The van der Waals surface area contributed by atoms with E-state index in [0.29, 0.717) is 6.04 Å². The molecule has 1 fully saturated rings. The Kier molecular flexibility index (Phi) is 5.72. The third-order valence-electron chi connectivity index (χ3n) is 4.99. The molecule has 0 bridgehead atoms. The van der Waals surface area contributed by atoms with Crippen molar-refractivity contribution >= 4 is 0 Å². The van der Waals surface area contributed by atoms with E-state index in [1.54, 1.807) is 6.26 Å². The Morgan fingerprint density at radius 1 is 1.00 bits per heavy atom. The van der Waals surface area contributed by atoms with E-state index in [-0.39, 0.29) is 11.6 Å². The number of furan rings is 1. The summed E-state index contributed by atoms with van der Waals surface area (Å²) in [6.45, 7) is 6.90. The predicted octanol–water partition coefficient (Wildman–Crippen LogP) is 3.83. The summed E-state index contributed by atoms with van der Waals surface area (Å²) in [6, 6.07) is 15.1. The van der Waals surface area contributed by atoms with E-state index in [4.69, 9.17) is 9.15 Å². The van der Waals surface area contributed by atoms with Crippen molar-refractivity contribution in [3.63, 3.8) is 0 Å². The molecule has 1 aliphatic rings. The van der Waals surface area contributed by atoms with Crippen molar-refractivity contribution < 1.29 is 9.15 Å². The fourth-order valence-corrected chi connectivity index (χ4v) is 3.41. The van der Waals surface area contributed by atoms with E-state index < -0.39 is 0 Å². The number of nitrogens with one attached hydrogen (secondary N) is 2. The Morgan fingerprint density at radius 3 is 2.42 bits per heavy atom. The summed E-state index contributed by atoms with van der Waals surface area (Å²) in [4.78, 5) is 0. The van der Waals surface area contributed by atoms with Crippen molar-refractivity contribution in [3.8, 4) is 0 Å². The van der Waals surface area contributed by atoms with Crippen molar-refractivity contribution in [1.82, 2.24) is 10.6 Å². The summed E-state index contributed by atoms with van der Waals surface area (Å²) in [6.07, 6.45) is 3.76. The third kappa shape index (κ3) is 4.26. The van der Waals surface area contributed by atoms with E-state index >= 15 is 0 Å². The van der Waals surface area contributed by atoms with Crippen LogP contribution in [0.2, 0.25) is 0 Å². The van der Waals surface area contributed by atoms with Gasteiger partial charge in [0.2, 0.25) is 0 Å². The third-order valence-corrected chi connectivity index (χ3v) is 4.99. The van der Waals surface area contributed by atoms with Crippen molar-refractivity contribution in [2.24, 2.45) is 0 Å². The van der Waals surface area contributed by atoms with Gasteiger partial charge in [0.15, 0.2) is 0 Å². The highest BCUT2D eigenvalue weighted by atomic mass is 16.5. The highest BCUT2D eigenvalue weighted by Gasteiger charge is 2.34. The van der Waals surface area contributed by atoms with Gasteiger partial charge in [0.05, 0.1) is 12.3 Å². The number of hydrogen-bond donors (Lipinski definition) is 2. The summed E-state index contributed by atoms with van der Waals surface area (Å²) < 4.78 is 11.1. The van der Waals surface area contributed by atoms with Crippen LogP contribution < -0.4 is 10.6 Å². The molecule has 0 spiro atoms. The lowest BCUT2D eigenvalue weighted by molar-refractivity contribution is 0.0326. The summed E-state index contributed by atoms with van der Waals surface area (Å²) in [5.41, 5.74) is 1.37. The zero-order valence-electron chi connectivity index (χ0n) is 14.6. The van der Waals surface area contributed by atoms with Crippen LogP contribution in [0.5, 0.6) is 0 Å². The van der Waals surface area contributed by atoms with E-state index in [1.807, 2.05) is 12.1 Å². The van der Waals surface area contributed by atoms with Crippen LogP contribution in [-0.4, -0.2) is 25.3 Å². The highest BCUT2D eigenvalue weighted by Crippen LogP contribution is 2.26. The molecule has 0 saturated carbocycles. The molecule has 130 valence electrons. The van der Waals surface area contributed by atoms with Gasteiger partial charge in [-0.25, -0.2) is 0 Å². The standard InChI is InChI=1S/C20H28N2O2/c1-16(18-7-4-3-5-8-18)22-20(10-13-23-14-11-20)15-21-17(2)19-9-6-12-24-19/h3-9,12,16-17,21-22H,10-11,13-15H2,1-2H3/t16-,17-/m0/s1. The maximum atomic E-state index is 5.60. The van der Waals surface area contributed by atoms with Gasteiger partial charge in [0, 0.05) is 31.3 Å². The molecule has 1 aromatic carbocycles. The Hall–Kier alpha value is -1.62. The van der Waals surface area contributed by atoms with Crippen molar-refractivity contribution in [3.05, 3.63) is 60.1 Å². The normalized spacial score (nSPS) is 19.8. The van der Waals surface area contributed by atoms with Crippen LogP contribution in [0.4, 0.5) is 0 Å². The first kappa shape index (κ1) is 17.2. The van der Waals surface area contributed by atoms with Gasteiger partial charge in [-0.15, -0.1) is 0 Å². The smallest absolute Gasteiger partial charge is 0.120 e. The average molecular weight is 328 g/mol. The molecule has 2 N–H and O–H groups in total. The first-order chi connectivity index (χ1) is 11.7. The molecule has 3 rings (SSSR count). The molecule has 2 heterocycles. The minimum atomic E-state index is 0.0500. The van der Waals surface area contributed by atoms with Gasteiger partial charge in [-0.1, -0.05) is 30.3 Å². The molecule has 24 heavy (non-hydrogen) atoms. The second-order valence-corrected chi connectivity index (χ2v) is 6.79. The van der Waals surface area contributed by atoms with E-state index in [2.05, 4.69) is 54.8 Å². The maximum Gasteiger partial charge on any atom is 0.120 e. The largest absolute Gasteiger partial charge is 0.468 e. The number of benzene rings is 1. The molecule has 1 aromatic heterocycles. The van der Waals surface area contributed by atoms with Crippen LogP contribution in [0.1, 0.15) is 50.1 Å². The second kappa shape index (κ2) is 7.97. The summed E-state index contributed by atoms with van der Waals surface area (Å²) in [5, 5.41) is 7.52. The number of rotatable bonds is 7. The lowest BCUT2D eigenvalue weighted by Gasteiger charge is -2.41. The van der Waals surface area contributed by atoms with Crippen LogP contribution in [0, 0.1) is 0 Å². The summed E-state index contributed by atoms with van der Waals surface area (Å²) in [7, 11) is 0. The zero-order chi connectivity index (χ0) is 16.8. The summed E-state index contributed by atoms with van der Waals surface area (Å²) in [5.74, 6) is 0.980. The minimum Gasteiger partial charge on any atom is -0.468 e. The van der Waals surface area contributed by atoms with Gasteiger partial charge in [0.1, 0.15) is 5.76 Å². The summed E-state index contributed by atoms with van der Waals surface area (Å²) >= 11 is 0. The van der Waals surface area contributed by atoms with E-state index in [0.717, 1.165) is 38.4 Å². The first-order valence-corrected chi connectivity index (χ1v) is 8.86. The maximum absolute atomic E-state index is 5.60. The molecular weight excluding hydrogens is 300 g/mol. The monoisotopic (exact) mass is 328 g/mol. The topological polar surface area (TPSA) is 46.4 Å². The zero-order valence-corrected chi connectivity index (χ0v) is 14.6. The molecule has 2 aromatic rings. The Morgan fingerprint density at radius 2 is 1.75 bits per heavy atom. The van der Waals surface area contributed by atoms with Gasteiger partial charge in [-0.2, -0.15) is 0 Å². The second-order valence-electron chi connectivity index (χ2n) is 6.79. The van der Waals surface area contributed by atoms with Gasteiger partial charge >= 0.3 is 0 Å². The van der Waals surface area contributed by atoms with Crippen molar-refractivity contribution in [1.29, 1.82) is 0 Å². The molecule has 0 radical (unpaired) electrons. The van der Waals surface area contributed by atoms with Crippen LogP contribution in [0.15, 0.2) is 53.1 Å². The fraction of sp³-hybridized carbons (Fsp3) is 0.500. The van der Waals surface area contributed by atoms with Gasteiger partial charge in [-0.3, -0.25) is 0 Å². The van der Waals surface area contributed by atoms with Crippen LogP contribution in [-0.2, 0) is 4.74 Å². The lowest BCUT2D eigenvalue weighted by atomic mass is 9.88. The molecule has 0 amide bonds. The van der Waals surface area contributed by atoms with Gasteiger partial charge in [0.25, 0.3) is 0 Å². The molecule has 4 nitrogen and oxygen atoms in total. The van der Waals surface area contributed by atoms with Crippen LogP contribution in [0.25, 0.3) is 0 Å². The van der Waals surface area contributed by atoms with Gasteiger partial charge in [-0.05, 0) is 44.4 Å². The predicted molar refractivity (Wildman–Crippen MR) is 95.9 cm³/mol. The number of ether oxygens (including phenoxy) is 1. The van der Waals surface area contributed by atoms with Crippen LogP contribution in [0.3, 0.4) is 0 Å². The highest BCUT2D eigenvalue weighted by molar-refractivity contribution is 5.19. The molecule has 2 atom stereocenters. The molecule has 1 aliphatic heterocycles. The van der Waals surface area contributed by atoms with E-state index in [9.17, 15) is 0 Å². The quantitative estimate of drug-likeness (QED) is 0.811. The Labute approximate surface area is 144 Å². The van der Waals surface area contributed by atoms with E-state index in [1.165, 1.54) is 5.56 Å². The fourth-order valence-electron chi connectivity index (χ4n) is 3.41. The van der Waals surface area contributed by atoms with Crippen molar-refractivity contribution in [2.45, 2.75) is 44.3 Å². The molecule has 4 heteroatoms. The lowest BCUT2D eigenvalue weighted by Crippen LogP contribution is -2.56. The molecule has 0 aliphatic carbocycles. The first-order valence-electron chi connectivity index (χ1n) is 8.86. The minimum absolute atomic E-state index is 0.0500. The Balaban J connectivity index is 1.65. The Bertz CT molecular complexity index is 591. The molecule has 0 unspecified atom stereocenters. The number of hydrogen-bond acceptors (Lipinski definition) is 4. The average Bonchev–Trinajstić information content (AvgIpc) is 3.16. The van der Waals surface area contributed by atoms with Crippen molar-refractivity contribution in [2.75, 3.05) is 19.8 Å². The molecule has 1 saturated heterocycles.